The van der Waals surface area contributed by atoms with Crippen LogP contribution in [-0.4, -0.2) is 22.4 Å². The zero-order valence-corrected chi connectivity index (χ0v) is 12.3. The molecule has 2 aromatic rings. The van der Waals surface area contributed by atoms with Crippen LogP contribution in [0.1, 0.15) is 24.6 Å². The van der Waals surface area contributed by atoms with Crippen molar-refractivity contribution < 1.29 is 0 Å². The van der Waals surface area contributed by atoms with Gasteiger partial charge in [-0.3, -0.25) is 0 Å². The van der Waals surface area contributed by atoms with Crippen LogP contribution in [-0.2, 0) is 0 Å². The van der Waals surface area contributed by atoms with Crippen molar-refractivity contribution in [3.05, 3.63) is 17.3 Å². The lowest BCUT2D eigenvalue weighted by molar-refractivity contribution is 0.572. The first-order valence-corrected chi connectivity index (χ1v) is 7.56. The molecule has 0 radical (unpaired) electrons. The number of alkyl halides is 1. The van der Waals surface area contributed by atoms with Gasteiger partial charge in [-0.05, 0) is 31.7 Å². The second-order valence-electron chi connectivity index (χ2n) is 4.63. The molecule has 2 rings (SSSR count). The van der Waals surface area contributed by atoms with Crippen LogP contribution < -0.4 is 5.32 Å². The van der Waals surface area contributed by atoms with Crippen molar-refractivity contribution in [2.75, 3.05) is 17.7 Å². The van der Waals surface area contributed by atoms with Crippen LogP contribution in [0.3, 0.4) is 0 Å². The molecule has 0 saturated carbocycles. The maximum absolute atomic E-state index is 5.79. The van der Waals surface area contributed by atoms with Crippen LogP contribution in [0.15, 0.2) is 12.4 Å². The zero-order chi connectivity index (χ0) is 13.0. The van der Waals surface area contributed by atoms with Gasteiger partial charge in [0.15, 0.2) is 0 Å². The molecule has 0 spiro atoms. The lowest BCUT2D eigenvalue weighted by Gasteiger charge is -2.08. The van der Waals surface area contributed by atoms with Crippen LogP contribution in [0.4, 0.5) is 5.82 Å². The van der Waals surface area contributed by atoms with Gasteiger partial charge in [0.1, 0.15) is 17.0 Å². The smallest absolute Gasteiger partial charge is 0.138 e. The highest BCUT2D eigenvalue weighted by Gasteiger charge is 2.06. The summed E-state index contributed by atoms with van der Waals surface area (Å²) in [4.78, 5) is 10.9. The Labute approximate surface area is 117 Å². The van der Waals surface area contributed by atoms with Gasteiger partial charge in [-0.2, -0.15) is 0 Å². The fourth-order valence-electron chi connectivity index (χ4n) is 1.85. The van der Waals surface area contributed by atoms with Gasteiger partial charge in [-0.25, -0.2) is 9.97 Å². The first-order chi connectivity index (χ1) is 8.70. The van der Waals surface area contributed by atoms with Gasteiger partial charge in [0.05, 0.1) is 5.39 Å². The number of halogens is 1. The molecule has 2 aromatic heterocycles. The highest BCUT2D eigenvalue weighted by Crippen LogP contribution is 2.27. The molecule has 1 unspecified atom stereocenters. The van der Waals surface area contributed by atoms with Crippen molar-refractivity contribution in [1.29, 1.82) is 0 Å². The molecule has 5 heteroatoms. The Kier molecular flexibility index (Phi) is 4.78. The van der Waals surface area contributed by atoms with E-state index < -0.39 is 0 Å². The second kappa shape index (κ2) is 6.34. The molecule has 0 fully saturated rings. The van der Waals surface area contributed by atoms with E-state index in [9.17, 15) is 0 Å². The largest absolute Gasteiger partial charge is 0.369 e. The Morgan fingerprint density at radius 1 is 1.44 bits per heavy atom. The van der Waals surface area contributed by atoms with Crippen molar-refractivity contribution in [2.24, 2.45) is 5.92 Å². The van der Waals surface area contributed by atoms with E-state index in [1.807, 2.05) is 0 Å². The summed E-state index contributed by atoms with van der Waals surface area (Å²) in [5, 5.41) is 4.52. The lowest BCUT2D eigenvalue weighted by atomic mass is 10.1. The predicted molar refractivity (Wildman–Crippen MR) is 79.8 cm³/mol. The Balaban J connectivity index is 1.95. The standard InChI is InChI=1S/C13H18ClN3S/c1-9(7-14)4-3-5-15-12-11-6-10(2)18-13(11)17-8-16-12/h6,8-9H,3-5,7H2,1-2H3,(H,15,16,17). The number of nitrogens with one attached hydrogen (secondary N) is 1. The molecular formula is C13H18ClN3S. The number of fused-ring (bicyclic) bond motifs is 1. The number of rotatable bonds is 6. The number of anilines is 1. The lowest BCUT2D eigenvalue weighted by Crippen LogP contribution is -2.06. The van der Waals surface area contributed by atoms with E-state index in [2.05, 4.69) is 35.2 Å². The van der Waals surface area contributed by atoms with Crippen molar-refractivity contribution in [2.45, 2.75) is 26.7 Å². The summed E-state index contributed by atoms with van der Waals surface area (Å²) >= 11 is 7.49. The van der Waals surface area contributed by atoms with Gasteiger partial charge in [-0.1, -0.05) is 6.92 Å². The normalized spacial score (nSPS) is 12.8. The quantitative estimate of drug-likeness (QED) is 0.641. The van der Waals surface area contributed by atoms with Gasteiger partial charge in [0.2, 0.25) is 0 Å². The van der Waals surface area contributed by atoms with Crippen molar-refractivity contribution >= 4 is 39.0 Å². The fourth-order valence-corrected chi connectivity index (χ4v) is 2.85. The van der Waals surface area contributed by atoms with Crippen molar-refractivity contribution in [3.63, 3.8) is 0 Å². The van der Waals surface area contributed by atoms with Crippen LogP contribution >= 0.6 is 22.9 Å². The third-order valence-corrected chi connectivity index (χ3v) is 4.37. The molecule has 98 valence electrons. The minimum Gasteiger partial charge on any atom is -0.369 e. The predicted octanol–water partition coefficient (Wildman–Crippen LogP) is 4.07. The number of thiophene rings is 1. The second-order valence-corrected chi connectivity index (χ2v) is 6.17. The molecule has 0 aromatic carbocycles. The first kappa shape index (κ1) is 13.6. The van der Waals surface area contributed by atoms with E-state index in [1.54, 1.807) is 17.7 Å². The third-order valence-electron chi connectivity index (χ3n) is 2.88. The number of aryl methyl sites for hydroxylation is 1. The van der Waals surface area contributed by atoms with E-state index in [0.29, 0.717) is 5.92 Å². The molecule has 0 amide bonds. The Hall–Kier alpha value is -0.870. The van der Waals surface area contributed by atoms with Gasteiger partial charge in [-0.15, -0.1) is 22.9 Å². The maximum atomic E-state index is 5.79. The molecule has 2 heterocycles. The average Bonchev–Trinajstić information content (AvgIpc) is 2.75. The van der Waals surface area contributed by atoms with Crippen LogP contribution in [0.2, 0.25) is 0 Å². The molecule has 1 atom stereocenters. The molecule has 0 saturated heterocycles. The maximum Gasteiger partial charge on any atom is 0.138 e. The van der Waals surface area contributed by atoms with E-state index in [1.165, 1.54) is 4.88 Å². The fraction of sp³-hybridized carbons (Fsp3) is 0.538. The van der Waals surface area contributed by atoms with E-state index >= 15 is 0 Å². The molecule has 0 bridgehead atoms. The summed E-state index contributed by atoms with van der Waals surface area (Å²) in [6.07, 6.45) is 3.89. The molecule has 18 heavy (non-hydrogen) atoms. The third kappa shape index (κ3) is 3.33. The van der Waals surface area contributed by atoms with Crippen LogP contribution in [0, 0.1) is 12.8 Å². The van der Waals surface area contributed by atoms with Gasteiger partial charge in [0, 0.05) is 17.3 Å². The summed E-state index contributed by atoms with van der Waals surface area (Å²) in [6.45, 7) is 5.21. The monoisotopic (exact) mass is 283 g/mol. The number of hydrogen-bond donors (Lipinski definition) is 1. The van der Waals surface area contributed by atoms with Gasteiger partial charge >= 0.3 is 0 Å². The highest BCUT2D eigenvalue weighted by atomic mass is 35.5. The molecule has 1 N–H and O–H groups in total. The van der Waals surface area contributed by atoms with Gasteiger partial charge < -0.3 is 5.32 Å². The molecule has 0 aliphatic heterocycles. The summed E-state index contributed by atoms with van der Waals surface area (Å²) in [7, 11) is 0. The average molecular weight is 284 g/mol. The molecule has 3 nitrogen and oxygen atoms in total. The Morgan fingerprint density at radius 3 is 3.06 bits per heavy atom. The Morgan fingerprint density at radius 2 is 2.28 bits per heavy atom. The first-order valence-electron chi connectivity index (χ1n) is 6.21. The van der Waals surface area contributed by atoms with E-state index in [-0.39, 0.29) is 0 Å². The topological polar surface area (TPSA) is 37.8 Å². The molecule has 0 aliphatic carbocycles. The molecular weight excluding hydrogens is 266 g/mol. The van der Waals surface area contributed by atoms with Gasteiger partial charge in [0.25, 0.3) is 0 Å². The molecule has 0 aliphatic rings. The number of hydrogen-bond acceptors (Lipinski definition) is 4. The minimum atomic E-state index is 0.585. The van der Waals surface area contributed by atoms with E-state index in [4.69, 9.17) is 11.6 Å². The number of aromatic nitrogens is 2. The summed E-state index contributed by atoms with van der Waals surface area (Å²) in [5.74, 6) is 2.27. The van der Waals surface area contributed by atoms with Crippen molar-refractivity contribution in [1.82, 2.24) is 9.97 Å². The highest BCUT2D eigenvalue weighted by molar-refractivity contribution is 7.18. The minimum absolute atomic E-state index is 0.585. The van der Waals surface area contributed by atoms with Crippen LogP contribution in [0.5, 0.6) is 0 Å². The summed E-state index contributed by atoms with van der Waals surface area (Å²) < 4.78 is 0. The van der Waals surface area contributed by atoms with E-state index in [0.717, 1.165) is 41.3 Å². The number of nitrogens with zero attached hydrogens (tertiary/aromatic N) is 2. The van der Waals surface area contributed by atoms with Crippen molar-refractivity contribution in [3.8, 4) is 0 Å². The summed E-state index contributed by atoms with van der Waals surface area (Å²) in [5.41, 5.74) is 0. The zero-order valence-electron chi connectivity index (χ0n) is 10.7. The Bertz CT molecular complexity index is 512. The SMILES string of the molecule is Cc1cc2c(NCCCC(C)CCl)ncnc2s1. The van der Waals surface area contributed by atoms with Crippen LogP contribution in [0.25, 0.3) is 10.2 Å². The summed E-state index contributed by atoms with van der Waals surface area (Å²) in [6, 6.07) is 2.14.